The first-order valence-electron chi connectivity index (χ1n) is 19.2. The van der Waals surface area contributed by atoms with Crippen LogP contribution in [-0.4, -0.2) is 68.3 Å². The van der Waals surface area contributed by atoms with Crippen molar-refractivity contribution < 1.29 is 24.2 Å². The number of ether oxygens (including phenoxy) is 1. The summed E-state index contributed by atoms with van der Waals surface area (Å²) in [5, 5.41) is 11.4. The summed E-state index contributed by atoms with van der Waals surface area (Å²) >= 11 is 16.2. The van der Waals surface area contributed by atoms with Crippen LogP contribution in [0.25, 0.3) is 33.2 Å². The molecule has 1 N–H and O–H groups in total. The molecule has 2 heterocycles. The van der Waals surface area contributed by atoms with Crippen molar-refractivity contribution >= 4 is 119 Å². The molecule has 0 radical (unpaired) electrons. The van der Waals surface area contributed by atoms with Gasteiger partial charge in [-0.3, -0.25) is 33.1 Å². The van der Waals surface area contributed by atoms with Gasteiger partial charge >= 0.3 is 5.97 Å². The molecule has 320 valence electrons. The molecule has 0 aliphatic heterocycles. The SMILES string of the molecule is CC(=O)N(CCO)c1ccc2c(=O)n(-c3ccc(Cl)cc3)c(C(C)C)nc2c1I.CC(=O)OCCN(C(C)=O)c1ccc2c(=O)n(-c3ccc(Cl)cc3)c(C(C)C)nc2c1I. The zero-order valence-corrected chi connectivity index (χ0v) is 40.3. The molecule has 0 saturated heterocycles. The predicted molar refractivity (Wildman–Crippen MR) is 258 cm³/mol. The Balaban J connectivity index is 0.000000232. The van der Waals surface area contributed by atoms with E-state index in [-0.39, 0.29) is 61.1 Å². The monoisotopic (exact) mass is 1090 g/mol. The van der Waals surface area contributed by atoms with Crippen LogP contribution in [0.4, 0.5) is 11.4 Å². The van der Waals surface area contributed by atoms with Crippen molar-refractivity contribution in [2.75, 3.05) is 36.1 Å². The number of fused-ring (bicyclic) bond motifs is 2. The van der Waals surface area contributed by atoms with Gasteiger partial charge in [0, 0.05) is 49.2 Å². The zero-order valence-electron chi connectivity index (χ0n) is 34.5. The van der Waals surface area contributed by atoms with E-state index in [2.05, 4.69) is 45.2 Å². The Morgan fingerprint density at radius 1 is 0.656 bits per heavy atom. The first-order valence-corrected chi connectivity index (χ1v) is 22.1. The van der Waals surface area contributed by atoms with Crippen LogP contribution in [0.1, 0.15) is 72.0 Å². The standard InChI is InChI=1S/C23H23ClIN3O4.C21H21ClIN3O3/c1-13(2)22-26-21-18(23(31)28(22)17-7-5-16(24)6-8-17)9-10-19(20(21)25)27(14(3)29)11-12-32-15(4)30;1-12(2)20-24-19-16(21(29)26(20)15-6-4-14(22)5-7-15)8-9-17(18(19)23)25(10-11-27)13(3)28/h5-10,13H,11-12H2,1-4H3;4-9,12,27H,10-11H2,1-3H3. The summed E-state index contributed by atoms with van der Waals surface area (Å²) in [5.74, 6) is 0.389. The molecule has 2 amide bonds. The highest BCUT2D eigenvalue weighted by atomic mass is 127. The fourth-order valence-electron chi connectivity index (χ4n) is 6.60. The minimum Gasteiger partial charge on any atom is -0.464 e. The number of aromatic nitrogens is 4. The molecular formula is C44H44Cl2I2N6O7. The number of carbonyl (C=O) groups excluding carboxylic acids is 3. The maximum Gasteiger partial charge on any atom is 0.302 e. The van der Waals surface area contributed by atoms with Gasteiger partial charge in [-0.1, -0.05) is 50.9 Å². The average Bonchev–Trinajstić information content (AvgIpc) is 3.20. The lowest BCUT2D eigenvalue weighted by Gasteiger charge is -2.23. The molecule has 6 rings (SSSR count). The largest absolute Gasteiger partial charge is 0.464 e. The van der Waals surface area contributed by atoms with Crippen molar-refractivity contribution in [2.24, 2.45) is 0 Å². The molecule has 61 heavy (non-hydrogen) atoms. The summed E-state index contributed by atoms with van der Waals surface area (Å²) in [5.41, 5.74) is 3.33. The maximum atomic E-state index is 13.5. The molecule has 0 aliphatic rings. The number of benzene rings is 4. The number of hydrogen-bond acceptors (Lipinski definition) is 9. The topological polar surface area (TPSA) is 157 Å². The van der Waals surface area contributed by atoms with Gasteiger partial charge in [0.15, 0.2) is 0 Å². The number of aliphatic hydroxyl groups excluding tert-OH is 1. The average molecular weight is 1090 g/mol. The molecule has 0 spiro atoms. The lowest BCUT2D eigenvalue weighted by atomic mass is 10.1. The van der Waals surface area contributed by atoms with Gasteiger partial charge in [-0.25, -0.2) is 9.97 Å². The second kappa shape index (κ2) is 20.6. The van der Waals surface area contributed by atoms with Gasteiger partial charge in [0.25, 0.3) is 11.1 Å². The van der Waals surface area contributed by atoms with E-state index in [1.807, 2.05) is 27.7 Å². The van der Waals surface area contributed by atoms with E-state index in [0.717, 1.165) is 0 Å². The third-order valence-electron chi connectivity index (χ3n) is 9.46. The maximum absolute atomic E-state index is 13.5. The Morgan fingerprint density at radius 2 is 1.03 bits per heavy atom. The van der Waals surface area contributed by atoms with E-state index in [9.17, 15) is 29.1 Å². The normalized spacial score (nSPS) is 11.2. The van der Waals surface area contributed by atoms with Crippen LogP contribution in [0.15, 0.2) is 82.4 Å². The predicted octanol–water partition coefficient (Wildman–Crippen LogP) is 8.80. The molecule has 0 fully saturated rings. The van der Waals surface area contributed by atoms with E-state index >= 15 is 0 Å². The highest BCUT2D eigenvalue weighted by Gasteiger charge is 2.24. The number of carbonyl (C=O) groups is 3. The number of amides is 2. The number of rotatable bonds is 11. The Labute approximate surface area is 389 Å². The second-order valence-electron chi connectivity index (χ2n) is 14.5. The summed E-state index contributed by atoms with van der Waals surface area (Å²) < 4.78 is 9.59. The number of halogens is 4. The number of esters is 1. The first-order chi connectivity index (χ1) is 28.9. The highest BCUT2D eigenvalue weighted by Crippen LogP contribution is 2.32. The number of anilines is 2. The molecule has 0 saturated carbocycles. The van der Waals surface area contributed by atoms with E-state index in [0.29, 0.717) is 73.4 Å². The number of hydrogen-bond donors (Lipinski definition) is 1. The van der Waals surface area contributed by atoms with Crippen molar-refractivity contribution in [1.82, 2.24) is 19.1 Å². The van der Waals surface area contributed by atoms with Gasteiger partial charge in [-0.05, 0) is 118 Å². The fourth-order valence-corrected chi connectivity index (χ4v) is 8.61. The van der Waals surface area contributed by atoms with Crippen molar-refractivity contribution in [3.63, 3.8) is 0 Å². The molecule has 6 aromatic rings. The van der Waals surface area contributed by atoms with Gasteiger partial charge < -0.3 is 19.6 Å². The lowest BCUT2D eigenvalue weighted by Crippen LogP contribution is -2.33. The minimum atomic E-state index is -0.410. The van der Waals surface area contributed by atoms with Crippen LogP contribution in [-0.2, 0) is 19.1 Å². The van der Waals surface area contributed by atoms with Crippen LogP contribution < -0.4 is 20.9 Å². The molecule has 13 nitrogen and oxygen atoms in total. The fraction of sp³-hybridized carbons (Fsp3) is 0.295. The highest BCUT2D eigenvalue weighted by molar-refractivity contribution is 14.1. The Morgan fingerprint density at radius 3 is 1.36 bits per heavy atom. The van der Waals surface area contributed by atoms with Crippen LogP contribution in [0.2, 0.25) is 10.0 Å². The van der Waals surface area contributed by atoms with Gasteiger partial charge in [0.2, 0.25) is 11.8 Å². The van der Waals surface area contributed by atoms with Crippen molar-refractivity contribution in [3.05, 3.63) is 122 Å². The Bertz CT molecular complexity index is 2740. The third-order valence-corrected chi connectivity index (χ3v) is 12.1. The quantitative estimate of drug-likeness (QED) is 0.0990. The van der Waals surface area contributed by atoms with Crippen molar-refractivity contribution in [3.8, 4) is 11.4 Å². The molecule has 0 bridgehead atoms. The van der Waals surface area contributed by atoms with Crippen LogP contribution in [0.3, 0.4) is 0 Å². The molecule has 0 aliphatic carbocycles. The van der Waals surface area contributed by atoms with E-state index in [1.54, 1.807) is 81.9 Å². The van der Waals surface area contributed by atoms with E-state index in [1.165, 1.54) is 30.6 Å². The molecule has 0 unspecified atom stereocenters. The molecule has 4 aromatic carbocycles. The van der Waals surface area contributed by atoms with Gasteiger partial charge in [0.05, 0.1) is 64.8 Å². The molecule has 0 atom stereocenters. The summed E-state index contributed by atoms with van der Waals surface area (Å²) in [6, 6.07) is 20.9. The summed E-state index contributed by atoms with van der Waals surface area (Å²) in [7, 11) is 0. The van der Waals surface area contributed by atoms with E-state index < -0.39 is 5.97 Å². The lowest BCUT2D eigenvalue weighted by molar-refractivity contribution is -0.141. The molecule has 2 aromatic heterocycles. The van der Waals surface area contributed by atoms with Gasteiger partial charge in [0.1, 0.15) is 18.3 Å². The number of nitrogens with zero attached hydrogens (tertiary/aromatic N) is 6. The first kappa shape index (κ1) is 47.6. The Kier molecular flexibility index (Phi) is 16.1. The Hall–Kier alpha value is -4.43. The van der Waals surface area contributed by atoms with Gasteiger partial charge in [-0.15, -0.1) is 0 Å². The minimum absolute atomic E-state index is 0.0106. The van der Waals surface area contributed by atoms with Gasteiger partial charge in [-0.2, -0.15) is 0 Å². The molecule has 17 heteroatoms. The van der Waals surface area contributed by atoms with Crippen LogP contribution >= 0.6 is 68.4 Å². The smallest absolute Gasteiger partial charge is 0.302 e. The van der Waals surface area contributed by atoms with Crippen molar-refractivity contribution in [2.45, 2.75) is 60.3 Å². The zero-order chi connectivity index (χ0) is 44.9. The second-order valence-corrected chi connectivity index (χ2v) is 17.5. The summed E-state index contributed by atoms with van der Waals surface area (Å²) in [6.45, 7) is 12.4. The van der Waals surface area contributed by atoms with Crippen molar-refractivity contribution in [1.29, 1.82) is 0 Å². The third kappa shape index (κ3) is 10.6. The number of aliphatic hydroxyl groups is 1. The summed E-state index contributed by atoms with van der Waals surface area (Å²) in [6.07, 6.45) is 0. The molecular weight excluding hydrogens is 1050 g/mol. The van der Waals surface area contributed by atoms with E-state index in [4.69, 9.17) is 37.9 Å². The van der Waals surface area contributed by atoms with Crippen LogP contribution in [0.5, 0.6) is 0 Å². The summed E-state index contributed by atoms with van der Waals surface area (Å²) in [4.78, 5) is 75.0. The van der Waals surface area contributed by atoms with Crippen LogP contribution in [0, 0.1) is 7.14 Å².